The predicted octanol–water partition coefficient (Wildman–Crippen LogP) is 3.89. The molecule has 1 aliphatic carbocycles. The fourth-order valence-electron chi connectivity index (χ4n) is 3.51. The van der Waals surface area contributed by atoms with Gasteiger partial charge in [0.2, 0.25) is 0 Å². The van der Waals surface area contributed by atoms with Gasteiger partial charge in [-0.05, 0) is 57.1 Å². The molecule has 2 rings (SSSR count). The first kappa shape index (κ1) is 16.3. The standard InChI is InChI=1S/C16H23F3N2/c1-11-10-12(16(17,18)19)6-7-13(11)14(20)15(21(2)3)8-4-5-9-15/h6-7,10,14H,4-5,8-9,20H2,1-3H3. The summed E-state index contributed by atoms with van der Waals surface area (Å²) in [7, 11) is 4.01. The molecule has 2 N–H and O–H groups in total. The lowest BCUT2D eigenvalue weighted by molar-refractivity contribution is -0.137. The summed E-state index contributed by atoms with van der Waals surface area (Å²) in [5.41, 5.74) is 7.15. The third kappa shape index (κ3) is 2.94. The molecule has 118 valence electrons. The molecule has 0 aromatic heterocycles. The molecule has 1 unspecified atom stereocenters. The maximum atomic E-state index is 12.8. The first-order valence-electron chi connectivity index (χ1n) is 7.29. The van der Waals surface area contributed by atoms with E-state index in [0.29, 0.717) is 5.56 Å². The molecule has 0 bridgehead atoms. The summed E-state index contributed by atoms with van der Waals surface area (Å²) in [5, 5.41) is 0. The molecule has 1 atom stereocenters. The van der Waals surface area contributed by atoms with Crippen molar-refractivity contribution in [1.82, 2.24) is 4.90 Å². The number of benzene rings is 1. The minimum atomic E-state index is -4.31. The van der Waals surface area contributed by atoms with Crippen molar-refractivity contribution in [2.24, 2.45) is 5.73 Å². The molecule has 2 nitrogen and oxygen atoms in total. The zero-order chi connectivity index (χ0) is 15.8. The molecule has 1 saturated carbocycles. The Morgan fingerprint density at radius 1 is 1.19 bits per heavy atom. The van der Waals surface area contributed by atoms with Crippen LogP contribution in [0.1, 0.15) is 48.4 Å². The number of nitrogens with zero attached hydrogens (tertiary/aromatic N) is 1. The second-order valence-corrected chi connectivity index (χ2v) is 6.25. The lowest BCUT2D eigenvalue weighted by atomic mass is 9.81. The van der Waals surface area contributed by atoms with E-state index in [0.717, 1.165) is 37.3 Å². The average molecular weight is 300 g/mol. The van der Waals surface area contributed by atoms with Gasteiger partial charge in [0.25, 0.3) is 0 Å². The largest absolute Gasteiger partial charge is 0.416 e. The number of hydrogen-bond donors (Lipinski definition) is 1. The highest BCUT2D eigenvalue weighted by atomic mass is 19.4. The quantitative estimate of drug-likeness (QED) is 0.917. The smallest absolute Gasteiger partial charge is 0.322 e. The normalized spacial score (nSPS) is 20.0. The Morgan fingerprint density at radius 3 is 2.19 bits per heavy atom. The summed E-state index contributed by atoms with van der Waals surface area (Å²) in [5.74, 6) is 0. The van der Waals surface area contributed by atoms with Crippen LogP contribution in [-0.4, -0.2) is 24.5 Å². The van der Waals surface area contributed by atoms with Crippen molar-refractivity contribution in [1.29, 1.82) is 0 Å². The van der Waals surface area contributed by atoms with Gasteiger partial charge in [0.1, 0.15) is 0 Å². The van der Waals surface area contributed by atoms with Crippen molar-refractivity contribution >= 4 is 0 Å². The maximum absolute atomic E-state index is 12.8. The zero-order valence-corrected chi connectivity index (χ0v) is 12.8. The zero-order valence-electron chi connectivity index (χ0n) is 12.8. The number of rotatable bonds is 3. The summed E-state index contributed by atoms with van der Waals surface area (Å²) in [6.07, 6.45) is -0.0969. The monoisotopic (exact) mass is 300 g/mol. The molecule has 21 heavy (non-hydrogen) atoms. The second kappa shape index (κ2) is 5.61. The summed E-state index contributed by atoms with van der Waals surface area (Å²) >= 11 is 0. The highest BCUT2D eigenvalue weighted by molar-refractivity contribution is 5.36. The minimum Gasteiger partial charge on any atom is -0.322 e. The van der Waals surface area contributed by atoms with Gasteiger partial charge in [-0.3, -0.25) is 0 Å². The van der Waals surface area contributed by atoms with Crippen LogP contribution in [0, 0.1) is 6.92 Å². The Hall–Kier alpha value is -1.07. The highest BCUT2D eigenvalue weighted by Crippen LogP contribution is 2.43. The average Bonchev–Trinajstić information content (AvgIpc) is 2.87. The molecule has 0 spiro atoms. The van der Waals surface area contributed by atoms with Gasteiger partial charge in [-0.15, -0.1) is 0 Å². The fraction of sp³-hybridized carbons (Fsp3) is 0.625. The van der Waals surface area contributed by atoms with E-state index in [-0.39, 0.29) is 11.6 Å². The Labute approximate surface area is 124 Å². The third-order valence-electron chi connectivity index (χ3n) is 4.87. The van der Waals surface area contributed by atoms with Gasteiger partial charge < -0.3 is 10.6 Å². The molecular formula is C16H23F3N2. The number of nitrogens with two attached hydrogens (primary N) is 1. The fourth-order valence-corrected chi connectivity index (χ4v) is 3.51. The van der Waals surface area contributed by atoms with Crippen molar-refractivity contribution in [3.05, 3.63) is 34.9 Å². The predicted molar refractivity (Wildman–Crippen MR) is 78.0 cm³/mol. The van der Waals surface area contributed by atoms with Crippen molar-refractivity contribution in [3.8, 4) is 0 Å². The van der Waals surface area contributed by atoms with Crippen LogP contribution in [0.15, 0.2) is 18.2 Å². The Bertz CT molecular complexity index is 503. The van der Waals surface area contributed by atoms with Gasteiger partial charge in [-0.2, -0.15) is 13.2 Å². The van der Waals surface area contributed by atoms with E-state index >= 15 is 0 Å². The molecule has 1 aliphatic rings. The van der Waals surface area contributed by atoms with E-state index < -0.39 is 11.7 Å². The number of aryl methyl sites for hydroxylation is 1. The van der Waals surface area contributed by atoms with E-state index in [2.05, 4.69) is 4.90 Å². The van der Waals surface area contributed by atoms with Gasteiger partial charge in [0, 0.05) is 11.6 Å². The summed E-state index contributed by atoms with van der Waals surface area (Å²) in [6, 6.07) is 3.62. The van der Waals surface area contributed by atoms with Crippen molar-refractivity contribution in [3.63, 3.8) is 0 Å². The summed E-state index contributed by atoms with van der Waals surface area (Å²) < 4.78 is 38.3. The molecule has 0 radical (unpaired) electrons. The van der Waals surface area contributed by atoms with Crippen molar-refractivity contribution < 1.29 is 13.2 Å². The van der Waals surface area contributed by atoms with Gasteiger partial charge >= 0.3 is 6.18 Å². The van der Waals surface area contributed by atoms with Gasteiger partial charge in [-0.1, -0.05) is 18.9 Å². The second-order valence-electron chi connectivity index (χ2n) is 6.25. The number of alkyl halides is 3. The van der Waals surface area contributed by atoms with Crippen molar-refractivity contribution in [2.75, 3.05) is 14.1 Å². The molecule has 0 heterocycles. The Balaban J connectivity index is 2.37. The van der Waals surface area contributed by atoms with Crippen LogP contribution in [0.5, 0.6) is 0 Å². The van der Waals surface area contributed by atoms with E-state index in [1.165, 1.54) is 6.07 Å². The molecule has 1 fully saturated rings. The van der Waals surface area contributed by atoms with E-state index in [1.807, 2.05) is 14.1 Å². The molecule has 1 aromatic carbocycles. The SMILES string of the molecule is Cc1cc(C(F)(F)F)ccc1C(N)C1(N(C)C)CCCC1. The number of hydrogen-bond acceptors (Lipinski definition) is 2. The Kier molecular flexibility index (Phi) is 4.36. The number of halogens is 3. The maximum Gasteiger partial charge on any atom is 0.416 e. The van der Waals surface area contributed by atoms with Crippen molar-refractivity contribution in [2.45, 2.75) is 50.4 Å². The molecule has 0 saturated heterocycles. The van der Waals surface area contributed by atoms with Crippen LogP contribution < -0.4 is 5.73 Å². The molecule has 5 heteroatoms. The van der Waals surface area contributed by atoms with E-state index in [4.69, 9.17) is 5.73 Å². The van der Waals surface area contributed by atoms with Crippen LogP contribution >= 0.6 is 0 Å². The van der Waals surface area contributed by atoms with Crippen LogP contribution in [0.3, 0.4) is 0 Å². The van der Waals surface area contributed by atoms with Crippen LogP contribution in [0.25, 0.3) is 0 Å². The van der Waals surface area contributed by atoms with E-state index in [1.54, 1.807) is 13.0 Å². The molecular weight excluding hydrogens is 277 g/mol. The lowest BCUT2D eigenvalue weighted by Crippen LogP contribution is -2.50. The summed E-state index contributed by atoms with van der Waals surface area (Å²) in [6.45, 7) is 1.71. The van der Waals surface area contributed by atoms with E-state index in [9.17, 15) is 13.2 Å². The van der Waals surface area contributed by atoms with Gasteiger partial charge in [0.05, 0.1) is 5.56 Å². The molecule has 0 aliphatic heterocycles. The van der Waals surface area contributed by atoms with Crippen LogP contribution in [-0.2, 0) is 6.18 Å². The Morgan fingerprint density at radius 2 is 1.76 bits per heavy atom. The molecule has 0 amide bonds. The minimum absolute atomic E-state index is 0.148. The topological polar surface area (TPSA) is 29.3 Å². The van der Waals surface area contributed by atoms with Gasteiger partial charge in [0.15, 0.2) is 0 Å². The lowest BCUT2D eigenvalue weighted by Gasteiger charge is -2.42. The van der Waals surface area contributed by atoms with Gasteiger partial charge in [-0.25, -0.2) is 0 Å². The van der Waals surface area contributed by atoms with Crippen LogP contribution in [0.4, 0.5) is 13.2 Å². The number of likely N-dealkylation sites (N-methyl/N-ethyl adjacent to an activating group) is 1. The first-order chi connectivity index (χ1) is 9.68. The van der Waals surface area contributed by atoms with Crippen LogP contribution in [0.2, 0.25) is 0 Å². The summed E-state index contributed by atoms with van der Waals surface area (Å²) in [4.78, 5) is 2.14. The molecule has 1 aromatic rings. The highest BCUT2D eigenvalue weighted by Gasteiger charge is 2.42. The third-order valence-corrected chi connectivity index (χ3v) is 4.87. The first-order valence-corrected chi connectivity index (χ1v) is 7.29.